The van der Waals surface area contributed by atoms with E-state index in [1.54, 1.807) is 66.7 Å². The van der Waals surface area contributed by atoms with Crippen molar-refractivity contribution in [2.75, 3.05) is 17.2 Å². The fourth-order valence-electron chi connectivity index (χ4n) is 2.69. The molecule has 0 fully saturated rings. The highest BCUT2D eigenvalue weighted by Crippen LogP contribution is 2.24. The number of para-hydroxylation sites is 2. The maximum Gasteiger partial charge on any atom is 0.292 e. The monoisotopic (exact) mass is 402 g/mol. The molecular formula is C22H18N4O4. The van der Waals surface area contributed by atoms with Crippen LogP contribution in [0.5, 0.6) is 11.5 Å². The summed E-state index contributed by atoms with van der Waals surface area (Å²) in [6, 6.07) is 22.0. The Morgan fingerprint density at radius 2 is 1.80 bits per heavy atom. The third-order valence-electron chi connectivity index (χ3n) is 4.11. The molecule has 0 radical (unpaired) electrons. The van der Waals surface area contributed by atoms with Crippen molar-refractivity contribution in [1.29, 1.82) is 5.26 Å². The van der Waals surface area contributed by atoms with Gasteiger partial charge in [0.05, 0.1) is 16.6 Å². The summed E-state index contributed by atoms with van der Waals surface area (Å²) in [4.78, 5) is 22.6. The summed E-state index contributed by atoms with van der Waals surface area (Å²) in [5, 5.41) is 25.6. The second-order valence-electron chi connectivity index (χ2n) is 6.27. The van der Waals surface area contributed by atoms with Crippen LogP contribution in [0.3, 0.4) is 0 Å². The summed E-state index contributed by atoms with van der Waals surface area (Å²) in [6.45, 7) is 0.257. The molecule has 3 aromatic carbocycles. The number of amides is 1. The van der Waals surface area contributed by atoms with Gasteiger partial charge in [0.15, 0.2) is 0 Å². The second-order valence-corrected chi connectivity index (χ2v) is 6.27. The van der Waals surface area contributed by atoms with E-state index in [1.807, 2.05) is 0 Å². The fourth-order valence-corrected chi connectivity index (χ4v) is 2.69. The number of carbonyl (C=O) groups is 1. The second kappa shape index (κ2) is 9.71. The van der Waals surface area contributed by atoms with E-state index in [0.717, 1.165) is 0 Å². The lowest BCUT2D eigenvalue weighted by Gasteiger charge is -2.09. The quantitative estimate of drug-likeness (QED) is 0.417. The zero-order valence-corrected chi connectivity index (χ0v) is 15.9. The largest absolute Gasteiger partial charge is 0.457 e. The van der Waals surface area contributed by atoms with Gasteiger partial charge in [0.25, 0.3) is 5.69 Å². The van der Waals surface area contributed by atoms with Gasteiger partial charge in [-0.25, -0.2) is 0 Å². The highest BCUT2D eigenvalue weighted by Gasteiger charge is 2.12. The number of carbonyl (C=O) groups excluding carboxylic acids is 1. The predicted octanol–water partition coefficient (Wildman–Crippen LogP) is 4.70. The number of nitrogens with zero attached hydrogens (tertiary/aromatic N) is 2. The van der Waals surface area contributed by atoms with Gasteiger partial charge in [-0.05, 0) is 48.5 Å². The van der Waals surface area contributed by atoms with Gasteiger partial charge in [-0.1, -0.05) is 18.2 Å². The molecule has 150 valence electrons. The lowest BCUT2D eigenvalue weighted by Crippen LogP contribution is -2.16. The number of benzene rings is 3. The van der Waals surface area contributed by atoms with Gasteiger partial charge in [-0.2, -0.15) is 5.26 Å². The maximum absolute atomic E-state index is 12.1. The molecule has 1 amide bonds. The SMILES string of the molecule is N#Cc1cccc(Oc2ccc(NC(=O)CCNc3ccccc3[N+](=O)[O-])cc2)c1. The fraction of sp³-hybridized carbons (Fsp3) is 0.0909. The molecule has 3 rings (SSSR count). The van der Waals surface area contributed by atoms with E-state index in [0.29, 0.717) is 28.4 Å². The Balaban J connectivity index is 1.50. The van der Waals surface area contributed by atoms with Crippen LogP contribution in [0.4, 0.5) is 17.1 Å². The average molecular weight is 402 g/mol. The van der Waals surface area contributed by atoms with E-state index in [9.17, 15) is 14.9 Å². The smallest absolute Gasteiger partial charge is 0.292 e. The Bertz CT molecular complexity index is 1090. The van der Waals surface area contributed by atoms with Gasteiger partial charge in [0.1, 0.15) is 17.2 Å². The van der Waals surface area contributed by atoms with Crippen molar-refractivity contribution in [3.8, 4) is 17.6 Å². The van der Waals surface area contributed by atoms with Crippen molar-refractivity contribution in [3.63, 3.8) is 0 Å². The number of nitro groups is 1. The van der Waals surface area contributed by atoms with Crippen LogP contribution in [-0.4, -0.2) is 17.4 Å². The molecule has 0 atom stereocenters. The molecule has 8 heteroatoms. The third kappa shape index (κ3) is 5.56. The van der Waals surface area contributed by atoms with Crippen LogP contribution in [-0.2, 0) is 4.79 Å². The summed E-state index contributed by atoms with van der Waals surface area (Å²) in [5.41, 5.74) is 1.45. The first-order valence-electron chi connectivity index (χ1n) is 9.10. The topological polar surface area (TPSA) is 117 Å². The van der Waals surface area contributed by atoms with E-state index >= 15 is 0 Å². The number of nitriles is 1. The van der Waals surface area contributed by atoms with Crippen molar-refractivity contribution in [1.82, 2.24) is 0 Å². The van der Waals surface area contributed by atoms with Crippen molar-refractivity contribution in [2.24, 2.45) is 0 Å². The number of hydrogen-bond acceptors (Lipinski definition) is 6. The number of anilines is 2. The minimum Gasteiger partial charge on any atom is -0.457 e. The highest BCUT2D eigenvalue weighted by atomic mass is 16.6. The lowest BCUT2D eigenvalue weighted by atomic mass is 10.2. The van der Waals surface area contributed by atoms with Crippen LogP contribution >= 0.6 is 0 Å². The Morgan fingerprint density at radius 1 is 1.03 bits per heavy atom. The molecule has 0 saturated carbocycles. The van der Waals surface area contributed by atoms with Gasteiger partial charge in [-0.15, -0.1) is 0 Å². The van der Waals surface area contributed by atoms with E-state index < -0.39 is 4.92 Å². The Hall–Kier alpha value is -4.38. The standard InChI is InChI=1S/C22H18N4O4/c23-15-16-4-3-5-19(14-16)30-18-10-8-17(9-11-18)25-22(27)12-13-24-20-6-1-2-7-21(20)26(28)29/h1-11,14,24H,12-13H2,(H,25,27). The third-order valence-corrected chi connectivity index (χ3v) is 4.11. The van der Waals surface area contributed by atoms with E-state index in [2.05, 4.69) is 16.7 Å². The molecule has 30 heavy (non-hydrogen) atoms. The summed E-state index contributed by atoms with van der Waals surface area (Å²) >= 11 is 0. The van der Waals surface area contributed by atoms with Gasteiger partial charge in [-0.3, -0.25) is 14.9 Å². The molecule has 0 aliphatic carbocycles. The Kier molecular flexibility index (Phi) is 6.59. The van der Waals surface area contributed by atoms with Crippen molar-refractivity contribution in [3.05, 3.63) is 88.5 Å². The maximum atomic E-state index is 12.1. The molecule has 8 nitrogen and oxygen atoms in total. The van der Waals surface area contributed by atoms with Crippen LogP contribution < -0.4 is 15.4 Å². The first-order valence-corrected chi connectivity index (χ1v) is 9.10. The van der Waals surface area contributed by atoms with Crippen LogP contribution in [0.2, 0.25) is 0 Å². The first-order chi connectivity index (χ1) is 14.5. The molecule has 3 aromatic rings. The van der Waals surface area contributed by atoms with Crippen LogP contribution in [0.15, 0.2) is 72.8 Å². The van der Waals surface area contributed by atoms with E-state index in [1.165, 1.54) is 6.07 Å². The molecule has 0 saturated heterocycles. The summed E-state index contributed by atoms with van der Waals surface area (Å²) in [5.74, 6) is 0.893. The molecule has 0 aliphatic rings. The molecule has 0 aromatic heterocycles. The predicted molar refractivity (Wildman–Crippen MR) is 113 cm³/mol. The lowest BCUT2D eigenvalue weighted by molar-refractivity contribution is -0.384. The molecule has 0 bridgehead atoms. The number of ether oxygens (including phenoxy) is 1. The van der Waals surface area contributed by atoms with Gasteiger partial charge in [0, 0.05) is 24.7 Å². The number of hydrogen-bond donors (Lipinski definition) is 2. The van der Waals surface area contributed by atoms with Gasteiger partial charge < -0.3 is 15.4 Å². The summed E-state index contributed by atoms with van der Waals surface area (Å²) in [6.07, 6.45) is 0.144. The first kappa shape index (κ1) is 20.4. The van der Waals surface area contributed by atoms with Crippen LogP contribution in [0.25, 0.3) is 0 Å². The highest BCUT2D eigenvalue weighted by molar-refractivity contribution is 5.91. The van der Waals surface area contributed by atoms with Gasteiger partial charge in [0.2, 0.25) is 5.91 Å². The molecule has 0 aliphatic heterocycles. The Morgan fingerprint density at radius 3 is 2.53 bits per heavy atom. The van der Waals surface area contributed by atoms with E-state index in [4.69, 9.17) is 10.00 Å². The zero-order valence-electron chi connectivity index (χ0n) is 15.9. The molecule has 2 N–H and O–H groups in total. The van der Waals surface area contributed by atoms with Crippen molar-refractivity contribution in [2.45, 2.75) is 6.42 Å². The van der Waals surface area contributed by atoms with Crippen LogP contribution in [0.1, 0.15) is 12.0 Å². The van der Waals surface area contributed by atoms with Crippen molar-refractivity contribution >= 4 is 23.0 Å². The Labute approximate surface area is 172 Å². The molecular weight excluding hydrogens is 384 g/mol. The normalized spacial score (nSPS) is 9.97. The molecule has 0 heterocycles. The summed E-state index contributed by atoms with van der Waals surface area (Å²) < 4.78 is 5.70. The average Bonchev–Trinajstić information content (AvgIpc) is 2.75. The minimum absolute atomic E-state index is 0.0335. The van der Waals surface area contributed by atoms with E-state index in [-0.39, 0.29) is 24.6 Å². The van der Waals surface area contributed by atoms with Crippen LogP contribution in [0, 0.1) is 21.4 Å². The number of rotatable bonds is 8. The number of nitro benzene ring substituents is 1. The summed E-state index contributed by atoms with van der Waals surface area (Å²) in [7, 11) is 0. The van der Waals surface area contributed by atoms with Crippen molar-refractivity contribution < 1.29 is 14.5 Å². The number of nitrogens with one attached hydrogen (secondary N) is 2. The molecule has 0 spiro atoms. The van der Waals surface area contributed by atoms with Gasteiger partial charge >= 0.3 is 0 Å². The molecule has 0 unspecified atom stereocenters. The zero-order chi connectivity index (χ0) is 21.3. The minimum atomic E-state index is -0.470.